The van der Waals surface area contributed by atoms with Crippen LogP contribution in [0, 0.1) is 13.8 Å². The van der Waals surface area contributed by atoms with Gasteiger partial charge in [0, 0.05) is 75.7 Å². The Hall–Kier alpha value is -3.04. The van der Waals surface area contributed by atoms with E-state index in [0.29, 0.717) is 45.2 Å². The number of nitrogens with zero attached hydrogens (tertiary/aromatic N) is 6. The van der Waals surface area contributed by atoms with Crippen molar-refractivity contribution in [2.45, 2.75) is 33.6 Å². The van der Waals surface area contributed by atoms with Crippen molar-refractivity contribution in [3.8, 4) is 0 Å². The van der Waals surface area contributed by atoms with E-state index in [1.54, 1.807) is 0 Å². The third kappa shape index (κ3) is 7.01. The van der Waals surface area contributed by atoms with E-state index in [2.05, 4.69) is 38.8 Å². The van der Waals surface area contributed by atoms with Crippen LogP contribution in [0.15, 0.2) is 30.3 Å². The van der Waals surface area contributed by atoms with E-state index in [9.17, 15) is 9.59 Å². The number of piperazine rings is 2. The molecule has 9 nitrogen and oxygen atoms in total. The maximum absolute atomic E-state index is 12.9. The molecule has 0 spiro atoms. The molecule has 0 unspecified atom stereocenters. The van der Waals surface area contributed by atoms with Crippen molar-refractivity contribution in [2.24, 2.45) is 0 Å². The molecule has 1 aromatic heterocycles. The second-order valence-electron chi connectivity index (χ2n) is 10.2. The van der Waals surface area contributed by atoms with Gasteiger partial charge in [0.15, 0.2) is 0 Å². The van der Waals surface area contributed by atoms with Gasteiger partial charge in [-0.2, -0.15) is 0 Å². The van der Waals surface area contributed by atoms with E-state index >= 15 is 0 Å². The van der Waals surface area contributed by atoms with Gasteiger partial charge < -0.3 is 15.1 Å². The van der Waals surface area contributed by atoms with Crippen LogP contribution >= 0.6 is 0 Å². The minimum Gasteiger partial charge on any atom is -0.354 e. The van der Waals surface area contributed by atoms with Crippen LogP contribution in [0.1, 0.15) is 36.8 Å². The number of amides is 2. The average Bonchev–Trinajstić information content (AvgIpc) is 2.86. The lowest BCUT2D eigenvalue weighted by Gasteiger charge is -2.38. The predicted octanol–water partition coefficient (Wildman–Crippen LogP) is 2.12. The summed E-state index contributed by atoms with van der Waals surface area (Å²) in [6, 6.07) is 9.86. The van der Waals surface area contributed by atoms with Crippen molar-refractivity contribution < 1.29 is 9.59 Å². The van der Waals surface area contributed by atoms with E-state index in [4.69, 9.17) is 4.98 Å². The minimum atomic E-state index is -0.0177. The molecule has 2 aliphatic heterocycles. The van der Waals surface area contributed by atoms with Crippen LogP contribution in [0.4, 0.5) is 11.5 Å². The monoisotopic (exact) mass is 493 g/mol. The zero-order valence-corrected chi connectivity index (χ0v) is 22.0. The molecule has 1 N–H and O–H groups in total. The number of carbonyl (C=O) groups excluding carboxylic acids is 2. The fourth-order valence-corrected chi connectivity index (χ4v) is 4.62. The Morgan fingerprint density at radius 1 is 0.861 bits per heavy atom. The topological polar surface area (TPSA) is 84.9 Å². The standard InChI is InChI=1S/C27H39N7O2/c1-20(2)27-28-22(4)17-24(30-27)33-13-9-32(10-14-33)19-26(36)34-15-11-31(12-16-34)18-25(35)29-23-7-5-21(3)6-8-23/h5-8,17,20H,9-16,18-19H2,1-4H3,(H,29,35). The molecule has 1 aromatic carbocycles. The van der Waals surface area contributed by atoms with Crippen LogP contribution < -0.4 is 10.2 Å². The average molecular weight is 494 g/mol. The first kappa shape index (κ1) is 26.0. The van der Waals surface area contributed by atoms with Gasteiger partial charge in [0.1, 0.15) is 11.6 Å². The van der Waals surface area contributed by atoms with Crippen LogP contribution in [0.5, 0.6) is 0 Å². The van der Waals surface area contributed by atoms with Crippen molar-refractivity contribution in [3.63, 3.8) is 0 Å². The van der Waals surface area contributed by atoms with Crippen LogP contribution in [0.2, 0.25) is 0 Å². The summed E-state index contributed by atoms with van der Waals surface area (Å²) in [6.45, 7) is 15.2. The summed E-state index contributed by atoms with van der Waals surface area (Å²) in [5.41, 5.74) is 2.97. The summed E-state index contributed by atoms with van der Waals surface area (Å²) in [5, 5.41) is 2.95. The molecule has 0 bridgehead atoms. The summed E-state index contributed by atoms with van der Waals surface area (Å²) >= 11 is 0. The number of carbonyl (C=O) groups is 2. The first-order valence-electron chi connectivity index (χ1n) is 13.0. The highest BCUT2D eigenvalue weighted by atomic mass is 16.2. The zero-order chi connectivity index (χ0) is 25.7. The van der Waals surface area contributed by atoms with Crippen molar-refractivity contribution in [1.29, 1.82) is 0 Å². The molecule has 194 valence electrons. The van der Waals surface area contributed by atoms with Crippen molar-refractivity contribution in [2.75, 3.05) is 75.7 Å². The van der Waals surface area contributed by atoms with Crippen LogP contribution in [0.3, 0.4) is 0 Å². The van der Waals surface area contributed by atoms with Crippen molar-refractivity contribution in [3.05, 3.63) is 47.4 Å². The highest BCUT2D eigenvalue weighted by Crippen LogP contribution is 2.19. The smallest absolute Gasteiger partial charge is 0.238 e. The molecule has 2 saturated heterocycles. The number of anilines is 2. The molecule has 2 aromatic rings. The second kappa shape index (κ2) is 11.8. The summed E-state index contributed by atoms with van der Waals surface area (Å²) in [4.78, 5) is 43.2. The minimum absolute atomic E-state index is 0.0177. The highest BCUT2D eigenvalue weighted by molar-refractivity contribution is 5.92. The van der Waals surface area contributed by atoms with Gasteiger partial charge in [-0.15, -0.1) is 0 Å². The number of hydrogen-bond acceptors (Lipinski definition) is 7. The van der Waals surface area contributed by atoms with Gasteiger partial charge in [-0.05, 0) is 26.0 Å². The number of hydrogen-bond donors (Lipinski definition) is 1. The summed E-state index contributed by atoms with van der Waals surface area (Å²) in [5.74, 6) is 2.32. The molecule has 9 heteroatoms. The van der Waals surface area contributed by atoms with E-state index in [1.807, 2.05) is 49.1 Å². The Morgan fingerprint density at radius 3 is 2.11 bits per heavy atom. The third-order valence-electron chi connectivity index (χ3n) is 6.86. The Bertz CT molecular complexity index is 1040. The van der Waals surface area contributed by atoms with Crippen LogP contribution in [-0.2, 0) is 9.59 Å². The Kier molecular flexibility index (Phi) is 8.53. The molecule has 0 atom stereocenters. The highest BCUT2D eigenvalue weighted by Gasteiger charge is 2.26. The number of aromatic nitrogens is 2. The molecular formula is C27H39N7O2. The van der Waals surface area contributed by atoms with Gasteiger partial charge in [0.2, 0.25) is 11.8 Å². The molecule has 3 heterocycles. The van der Waals surface area contributed by atoms with Crippen molar-refractivity contribution >= 4 is 23.3 Å². The van der Waals surface area contributed by atoms with Gasteiger partial charge in [-0.25, -0.2) is 9.97 Å². The fourth-order valence-electron chi connectivity index (χ4n) is 4.62. The van der Waals surface area contributed by atoms with Gasteiger partial charge >= 0.3 is 0 Å². The number of aryl methyl sites for hydroxylation is 2. The second-order valence-corrected chi connectivity index (χ2v) is 10.2. The lowest BCUT2D eigenvalue weighted by atomic mass is 10.2. The molecule has 0 saturated carbocycles. The maximum Gasteiger partial charge on any atom is 0.238 e. The predicted molar refractivity (Wildman–Crippen MR) is 142 cm³/mol. The molecule has 2 amide bonds. The first-order chi connectivity index (χ1) is 17.3. The van der Waals surface area contributed by atoms with E-state index in [1.165, 1.54) is 0 Å². The van der Waals surface area contributed by atoms with Gasteiger partial charge in [-0.3, -0.25) is 19.4 Å². The largest absolute Gasteiger partial charge is 0.354 e. The summed E-state index contributed by atoms with van der Waals surface area (Å²) in [6.07, 6.45) is 0. The number of benzene rings is 1. The number of rotatable bonds is 7. The van der Waals surface area contributed by atoms with Crippen LogP contribution in [-0.4, -0.2) is 102 Å². The SMILES string of the molecule is Cc1ccc(NC(=O)CN2CCN(C(=O)CN3CCN(c4cc(C)nc(C(C)C)n4)CC3)CC2)cc1. The maximum atomic E-state index is 12.9. The first-order valence-corrected chi connectivity index (χ1v) is 13.0. The lowest BCUT2D eigenvalue weighted by Crippen LogP contribution is -2.54. The van der Waals surface area contributed by atoms with Gasteiger partial charge in [0.25, 0.3) is 0 Å². The summed E-state index contributed by atoms with van der Waals surface area (Å²) in [7, 11) is 0. The van der Waals surface area contributed by atoms with Crippen molar-refractivity contribution in [1.82, 2.24) is 24.7 Å². The fraction of sp³-hybridized carbons (Fsp3) is 0.556. The van der Waals surface area contributed by atoms with Gasteiger partial charge in [0.05, 0.1) is 13.1 Å². The molecule has 2 fully saturated rings. The number of nitrogens with one attached hydrogen (secondary N) is 1. The molecular weight excluding hydrogens is 454 g/mol. The molecule has 0 radical (unpaired) electrons. The molecule has 36 heavy (non-hydrogen) atoms. The van der Waals surface area contributed by atoms with Crippen LogP contribution in [0.25, 0.3) is 0 Å². The zero-order valence-electron chi connectivity index (χ0n) is 22.0. The van der Waals surface area contributed by atoms with E-state index < -0.39 is 0 Å². The van der Waals surface area contributed by atoms with E-state index in [0.717, 1.165) is 54.8 Å². The molecule has 0 aliphatic carbocycles. The molecule has 4 rings (SSSR count). The Labute approximate surface area is 214 Å². The normalized spacial score (nSPS) is 17.5. The third-order valence-corrected chi connectivity index (χ3v) is 6.86. The summed E-state index contributed by atoms with van der Waals surface area (Å²) < 4.78 is 0. The quantitative estimate of drug-likeness (QED) is 0.632. The Balaban J connectivity index is 1.18. The van der Waals surface area contributed by atoms with Gasteiger partial charge in [-0.1, -0.05) is 31.5 Å². The molecule has 2 aliphatic rings. The Morgan fingerprint density at radius 2 is 1.47 bits per heavy atom. The lowest BCUT2D eigenvalue weighted by molar-refractivity contribution is -0.134. The van der Waals surface area contributed by atoms with E-state index in [-0.39, 0.29) is 11.8 Å².